The predicted octanol–water partition coefficient (Wildman–Crippen LogP) is -25.4. The molecule has 0 amide bonds. The van der Waals surface area contributed by atoms with Crippen molar-refractivity contribution in [2.24, 2.45) is 0 Å². The molecule has 0 aliphatic rings. The van der Waals surface area contributed by atoms with Crippen LogP contribution in [0.4, 0.5) is 0 Å². The normalized spacial score (nSPS) is 7.38. The van der Waals surface area contributed by atoms with Gasteiger partial charge in [-0.15, -0.1) is 0 Å². The molecule has 0 aromatic carbocycles. The third kappa shape index (κ3) is 117. The van der Waals surface area contributed by atoms with Crippen molar-refractivity contribution in [3.8, 4) is 0 Å². The van der Waals surface area contributed by atoms with Gasteiger partial charge in [0.1, 0.15) is 0 Å². The maximum Gasteiger partial charge on any atom is 1.00 e. The number of hydrogen-bond donors (Lipinski definition) is 0. The maximum atomic E-state index is 8.61. The summed E-state index contributed by atoms with van der Waals surface area (Å²) in [6.45, 7) is 0. The Hall–Kier alpha value is 11.4. The van der Waals surface area contributed by atoms with Crippen molar-refractivity contribution in [2.75, 3.05) is 0 Å². The fourth-order valence-electron chi connectivity index (χ4n) is 0. The zero-order valence-corrected chi connectivity index (χ0v) is 42.5. The first-order chi connectivity index (χ1) is 4.00. The average molecular weight is 743 g/mol. The van der Waals surface area contributed by atoms with E-state index in [1.165, 1.54) is 0 Å². The Morgan fingerprint density at radius 2 is 0.438 bits per heavy atom. The van der Waals surface area contributed by atoms with Crippen LogP contribution in [0.3, 0.4) is 0 Å². The molecule has 16 heteroatoms. The number of rotatable bonds is 0. The third-order valence-corrected chi connectivity index (χ3v) is 0. The standard InChI is InChI=1S/8O.6Rb.2V/q;;6*-1;6*+1;;. The van der Waals surface area contributed by atoms with Crippen molar-refractivity contribution in [3.05, 3.63) is 0 Å². The fraction of sp³-hybridized carbons (Fsp3) is 0. The van der Waals surface area contributed by atoms with E-state index in [0.29, 0.717) is 0 Å². The second-order valence-electron chi connectivity index (χ2n) is 0.894. The largest absolute Gasteiger partial charge is 1.00 e. The van der Waals surface area contributed by atoms with Gasteiger partial charge in [0, 0.05) is 0 Å². The topological polar surface area (TPSA) is 172 Å². The van der Waals surface area contributed by atoms with Gasteiger partial charge in [0.25, 0.3) is 0 Å². The summed E-state index contributed by atoms with van der Waals surface area (Å²) < 4.78 is 68.9. The van der Waals surface area contributed by atoms with Gasteiger partial charge in [-0.3, -0.25) is 0 Å². The molecule has 0 fully saturated rings. The SMILES string of the molecule is [O]=[V]([O-])([O-])[O-].[O]=[V]([O-])([O-])[O-].[Rb+].[Rb+].[Rb+].[Rb+].[Rb+].[Rb+]. The van der Waals surface area contributed by atoms with Gasteiger partial charge >= 0.3 is 411 Å². The van der Waals surface area contributed by atoms with Crippen LogP contribution in [0.15, 0.2) is 0 Å². The van der Waals surface area contributed by atoms with Crippen molar-refractivity contribution in [1.29, 1.82) is 0 Å². The van der Waals surface area contributed by atoms with Gasteiger partial charge < -0.3 is 0 Å². The Kier molecular flexibility index (Phi) is 98.5. The Balaban J connectivity index is -0.00000000970. The van der Waals surface area contributed by atoms with E-state index in [2.05, 4.69) is 0 Å². The molecule has 0 spiro atoms. The van der Waals surface area contributed by atoms with Crippen molar-refractivity contribution in [1.82, 2.24) is 0 Å². The molecule has 0 aliphatic heterocycles. The van der Waals surface area contributed by atoms with Crippen LogP contribution in [0.25, 0.3) is 0 Å². The minimum absolute atomic E-state index is 0. The van der Waals surface area contributed by atoms with E-state index >= 15 is 0 Å². The number of hydrogen-bond acceptors (Lipinski definition) is 8. The third-order valence-electron chi connectivity index (χ3n) is 0. The molecule has 0 aromatic rings. The van der Waals surface area contributed by atoms with Gasteiger partial charge in [-0.1, -0.05) is 0 Å². The minimum Gasteiger partial charge on any atom is 1.00 e. The van der Waals surface area contributed by atoms with Crippen LogP contribution in [-0.4, -0.2) is 0 Å². The molecule has 0 atom stereocenters. The van der Waals surface area contributed by atoms with E-state index < -0.39 is 30.0 Å². The molecule has 8 nitrogen and oxygen atoms in total. The molecule has 64 valence electrons. The van der Waals surface area contributed by atoms with Crippen LogP contribution < -0.4 is 373 Å². The predicted molar refractivity (Wildman–Crippen MR) is 1.37 cm³/mol. The van der Waals surface area contributed by atoms with Crippen molar-refractivity contribution < 1.29 is 411 Å². The molecule has 0 unspecified atom stereocenters. The van der Waals surface area contributed by atoms with Gasteiger partial charge in [-0.25, -0.2) is 0 Å². The summed E-state index contributed by atoms with van der Waals surface area (Å²) in [5, 5.41) is 0. The van der Waals surface area contributed by atoms with Crippen LogP contribution in [-0.2, 0) is 37.4 Å². The Morgan fingerprint density at radius 3 is 0.438 bits per heavy atom. The summed E-state index contributed by atoms with van der Waals surface area (Å²) >= 11 is -11.8. The summed E-state index contributed by atoms with van der Waals surface area (Å²) in [5.41, 5.74) is 0. The summed E-state index contributed by atoms with van der Waals surface area (Å²) in [6.07, 6.45) is 0. The molecule has 0 bridgehead atoms. The van der Waals surface area contributed by atoms with Crippen LogP contribution in [0.5, 0.6) is 0 Å². The monoisotopic (exact) mass is 739 g/mol. The Labute approximate surface area is 394 Å². The van der Waals surface area contributed by atoms with Crippen LogP contribution >= 0.6 is 0 Å². The molecule has 0 rings (SSSR count). The molecular weight excluding hydrogens is 743 g/mol. The van der Waals surface area contributed by atoms with Crippen molar-refractivity contribution >= 4 is 0 Å². The van der Waals surface area contributed by atoms with Gasteiger partial charge in [0.05, 0.1) is 0 Å². The van der Waals surface area contributed by atoms with Gasteiger partial charge in [0.2, 0.25) is 0 Å². The zero-order chi connectivity index (χ0) is 9.00. The van der Waals surface area contributed by atoms with Crippen LogP contribution in [0.2, 0.25) is 0 Å². The Bertz CT molecular complexity index is 135. The van der Waals surface area contributed by atoms with Gasteiger partial charge in [-0.05, 0) is 0 Å². The van der Waals surface area contributed by atoms with E-state index in [9.17, 15) is 0 Å². The molecule has 0 N–H and O–H groups in total. The molecule has 0 heterocycles. The van der Waals surface area contributed by atoms with Crippen LogP contribution in [0.1, 0.15) is 0 Å². The summed E-state index contributed by atoms with van der Waals surface area (Å²) in [4.78, 5) is 0. The van der Waals surface area contributed by atoms with E-state index in [1.807, 2.05) is 0 Å². The first kappa shape index (κ1) is 50.7. The van der Waals surface area contributed by atoms with Crippen LogP contribution in [0, 0.1) is 0 Å². The molecule has 0 radical (unpaired) electrons. The second kappa shape index (κ2) is 31.1. The van der Waals surface area contributed by atoms with E-state index in [0.717, 1.165) is 0 Å². The smallest absolute Gasteiger partial charge is 1.00 e. The molecule has 16 heavy (non-hydrogen) atoms. The molecular formula is O8Rb6V2. The van der Waals surface area contributed by atoms with Gasteiger partial charge in [-0.2, -0.15) is 0 Å². The van der Waals surface area contributed by atoms with E-state index in [1.54, 1.807) is 0 Å². The molecule has 0 saturated heterocycles. The fourth-order valence-corrected chi connectivity index (χ4v) is 0. The molecule has 0 aromatic heterocycles. The second-order valence-corrected chi connectivity index (χ2v) is 3.69. The first-order valence-electron chi connectivity index (χ1n) is 1.46. The summed E-state index contributed by atoms with van der Waals surface area (Å²) in [6, 6.07) is 0. The van der Waals surface area contributed by atoms with Crippen molar-refractivity contribution in [3.63, 3.8) is 0 Å². The average Bonchev–Trinajstić information content (AvgIpc) is 1.12. The minimum atomic E-state index is -5.88. The van der Waals surface area contributed by atoms with E-state index in [4.69, 9.17) is 31.5 Å². The summed E-state index contributed by atoms with van der Waals surface area (Å²) in [7, 11) is 0. The zero-order valence-electron chi connectivity index (χ0n) is 10.2. The van der Waals surface area contributed by atoms with Crippen molar-refractivity contribution in [2.45, 2.75) is 0 Å². The first-order valence-corrected chi connectivity index (χ1v) is 6.02. The maximum absolute atomic E-state index is 8.61. The quantitative estimate of drug-likeness (QED) is 0.236. The van der Waals surface area contributed by atoms with E-state index in [-0.39, 0.29) is 349 Å². The van der Waals surface area contributed by atoms with Gasteiger partial charge in [0.15, 0.2) is 0 Å². The summed E-state index contributed by atoms with van der Waals surface area (Å²) in [5.74, 6) is 0. The molecule has 0 saturated carbocycles. The Morgan fingerprint density at radius 1 is 0.438 bits per heavy atom. The molecule has 0 aliphatic carbocycles.